The summed E-state index contributed by atoms with van der Waals surface area (Å²) in [4.78, 5) is 20.8. The van der Waals surface area contributed by atoms with Crippen LogP contribution in [0.15, 0.2) is 6.07 Å². The van der Waals surface area contributed by atoms with Crippen molar-refractivity contribution in [3.8, 4) is 0 Å². The molecule has 1 aliphatic heterocycles. The molecule has 0 bridgehead atoms. The average Bonchev–Trinajstić information content (AvgIpc) is 2.94. The number of aromatic nitrogens is 1. The topological polar surface area (TPSA) is 45.7 Å². The van der Waals surface area contributed by atoms with E-state index in [1.165, 1.54) is 5.56 Å². The van der Waals surface area contributed by atoms with E-state index in [1.54, 1.807) is 4.90 Å². The van der Waals surface area contributed by atoms with Gasteiger partial charge in [-0.25, -0.2) is 9.78 Å². The van der Waals surface area contributed by atoms with Crippen LogP contribution in [0.4, 0.5) is 10.6 Å². The number of halogens is 1. The Bertz CT molecular complexity index is 605. The lowest BCUT2D eigenvalue weighted by atomic mass is 10.2. The molecule has 1 fully saturated rings. The second-order valence-electron chi connectivity index (χ2n) is 7.20. The minimum Gasteiger partial charge on any atom is -0.444 e. The predicted octanol–water partition coefficient (Wildman–Crippen LogP) is 3.28. The number of aryl methyl sites for hydroxylation is 1. The number of anilines is 1. The molecule has 1 aromatic heterocycles. The van der Waals surface area contributed by atoms with E-state index in [1.807, 2.05) is 26.8 Å². The van der Waals surface area contributed by atoms with Crippen molar-refractivity contribution >= 4 is 23.5 Å². The number of carbonyl (C=O) groups excluding carboxylic acids is 1. The zero-order valence-electron chi connectivity index (χ0n) is 14.1. The van der Waals surface area contributed by atoms with Gasteiger partial charge in [-0.1, -0.05) is 11.6 Å². The third-order valence-corrected chi connectivity index (χ3v) is 4.57. The monoisotopic (exact) mass is 337 g/mol. The van der Waals surface area contributed by atoms with Gasteiger partial charge in [0.2, 0.25) is 0 Å². The van der Waals surface area contributed by atoms with Gasteiger partial charge < -0.3 is 14.5 Å². The fraction of sp³-hybridized carbons (Fsp3) is 0.647. The van der Waals surface area contributed by atoms with Crippen molar-refractivity contribution in [3.05, 3.63) is 22.3 Å². The van der Waals surface area contributed by atoms with Crippen LogP contribution in [-0.4, -0.2) is 47.8 Å². The quantitative estimate of drug-likeness (QED) is 0.789. The van der Waals surface area contributed by atoms with E-state index >= 15 is 0 Å². The van der Waals surface area contributed by atoms with Gasteiger partial charge in [0, 0.05) is 36.9 Å². The summed E-state index contributed by atoms with van der Waals surface area (Å²) in [5.74, 6) is 0.930. The lowest BCUT2D eigenvalue weighted by Crippen LogP contribution is -2.50. The zero-order chi connectivity index (χ0) is 16.6. The molecule has 1 saturated heterocycles. The SMILES string of the molecule is CC(C)(C)OC(=O)N1CCN(c2cc(Cl)c3c(n2)CCC3)CC1. The standard InChI is InChI=1S/C17H24ClN3O2/c1-17(2,3)23-16(22)21-9-7-20(8-10-21)15-11-13(18)12-5-4-6-14(12)19-15/h11H,4-10H2,1-3H3. The molecule has 0 spiro atoms. The summed E-state index contributed by atoms with van der Waals surface area (Å²) in [5.41, 5.74) is 1.90. The highest BCUT2D eigenvalue weighted by Gasteiger charge is 2.27. The first kappa shape index (κ1) is 16.4. The van der Waals surface area contributed by atoms with E-state index in [0.717, 1.165) is 48.9 Å². The number of nitrogens with zero attached hydrogens (tertiary/aromatic N) is 3. The Morgan fingerprint density at radius 3 is 2.57 bits per heavy atom. The van der Waals surface area contributed by atoms with Gasteiger partial charge in [-0.05, 0) is 51.7 Å². The summed E-state index contributed by atoms with van der Waals surface area (Å²) in [5, 5.41) is 0.831. The number of amides is 1. The normalized spacial score (nSPS) is 18.1. The number of hydrogen-bond acceptors (Lipinski definition) is 4. The van der Waals surface area contributed by atoms with Crippen LogP contribution in [0.3, 0.4) is 0 Å². The Morgan fingerprint density at radius 2 is 1.91 bits per heavy atom. The number of rotatable bonds is 1. The van der Waals surface area contributed by atoms with Gasteiger partial charge in [0.25, 0.3) is 0 Å². The van der Waals surface area contributed by atoms with Crippen molar-refractivity contribution in [2.75, 3.05) is 31.1 Å². The van der Waals surface area contributed by atoms with Crippen molar-refractivity contribution in [1.29, 1.82) is 0 Å². The van der Waals surface area contributed by atoms with Crippen LogP contribution in [0.1, 0.15) is 38.4 Å². The molecular weight excluding hydrogens is 314 g/mol. The second-order valence-corrected chi connectivity index (χ2v) is 7.60. The van der Waals surface area contributed by atoms with Crippen LogP contribution >= 0.6 is 11.6 Å². The minimum atomic E-state index is -0.455. The van der Waals surface area contributed by atoms with Gasteiger partial charge in [0.15, 0.2) is 0 Å². The van der Waals surface area contributed by atoms with E-state index in [4.69, 9.17) is 21.3 Å². The van der Waals surface area contributed by atoms with Crippen molar-refractivity contribution < 1.29 is 9.53 Å². The summed E-state index contributed by atoms with van der Waals surface area (Å²) in [6, 6.07) is 1.97. The Morgan fingerprint density at radius 1 is 1.22 bits per heavy atom. The van der Waals surface area contributed by atoms with Crippen molar-refractivity contribution in [2.45, 2.75) is 45.6 Å². The highest BCUT2D eigenvalue weighted by molar-refractivity contribution is 6.31. The van der Waals surface area contributed by atoms with Gasteiger partial charge in [-0.15, -0.1) is 0 Å². The zero-order valence-corrected chi connectivity index (χ0v) is 14.8. The number of ether oxygens (including phenoxy) is 1. The van der Waals surface area contributed by atoms with E-state index in [9.17, 15) is 4.79 Å². The summed E-state index contributed by atoms with van der Waals surface area (Å²) in [6.45, 7) is 8.45. The van der Waals surface area contributed by atoms with Crippen molar-refractivity contribution in [1.82, 2.24) is 9.88 Å². The van der Waals surface area contributed by atoms with Gasteiger partial charge in [0.1, 0.15) is 11.4 Å². The lowest BCUT2D eigenvalue weighted by Gasteiger charge is -2.36. The highest BCUT2D eigenvalue weighted by atomic mass is 35.5. The molecule has 0 atom stereocenters. The molecular formula is C17H24ClN3O2. The maximum Gasteiger partial charge on any atom is 0.410 e. The first-order valence-corrected chi connectivity index (χ1v) is 8.62. The Labute approximate surface area is 142 Å². The van der Waals surface area contributed by atoms with Crippen LogP contribution < -0.4 is 4.90 Å². The molecule has 3 rings (SSSR count). The molecule has 1 amide bonds. The van der Waals surface area contributed by atoms with Gasteiger partial charge >= 0.3 is 6.09 Å². The van der Waals surface area contributed by atoms with Crippen molar-refractivity contribution in [3.63, 3.8) is 0 Å². The molecule has 0 N–H and O–H groups in total. The molecule has 0 aromatic carbocycles. The lowest BCUT2D eigenvalue weighted by molar-refractivity contribution is 0.0240. The molecule has 0 radical (unpaired) electrons. The number of hydrogen-bond donors (Lipinski definition) is 0. The molecule has 0 unspecified atom stereocenters. The van der Waals surface area contributed by atoms with Crippen LogP contribution in [0.5, 0.6) is 0 Å². The fourth-order valence-electron chi connectivity index (χ4n) is 3.09. The molecule has 6 heteroatoms. The third-order valence-electron chi connectivity index (χ3n) is 4.24. The maximum atomic E-state index is 12.1. The molecule has 0 saturated carbocycles. The van der Waals surface area contributed by atoms with E-state index in [0.29, 0.717) is 13.1 Å². The number of pyridine rings is 1. The summed E-state index contributed by atoms with van der Waals surface area (Å²) < 4.78 is 5.43. The first-order valence-electron chi connectivity index (χ1n) is 8.25. The molecule has 23 heavy (non-hydrogen) atoms. The smallest absolute Gasteiger partial charge is 0.410 e. The number of fused-ring (bicyclic) bond motifs is 1. The molecule has 126 valence electrons. The largest absolute Gasteiger partial charge is 0.444 e. The van der Waals surface area contributed by atoms with Crippen LogP contribution in [-0.2, 0) is 17.6 Å². The molecule has 5 nitrogen and oxygen atoms in total. The van der Waals surface area contributed by atoms with E-state index in [2.05, 4.69) is 4.90 Å². The second kappa shape index (κ2) is 6.19. The van der Waals surface area contributed by atoms with Gasteiger partial charge in [-0.3, -0.25) is 0 Å². The minimum absolute atomic E-state index is 0.239. The predicted molar refractivity (Wildman–Crippen MR) is 91.3 cm³/mol. The third kappa shape index (κ3) is 3.71. The van der Waals surface area contributed by atoms with Gasteiger partial charge in [-0.2, -0.15) is 0 Å². The number of piperazine rings is 1. The molecule has 2 aliphatic rings. The fourth-order valence-corrected chi connectivity index (χ4v) is 3.39. The maximum absolute atomic E-state index is 12.1. The molecule has 1 aromatic rings. The summed E-state index contributed by atoms with van der Waals surface area (Å²) in [7, 11) is 0. The van der Waals surface area contributed by atoms with E-state index in [-0.39, 0.29) is 6.09 Å². The molecule has 2 heterocycles. The van der Waals surface area contributed by atoms with E-state index < -0.39 is 5.60 Å². The molecule has 1 aliphatic carbocycles. The van der Waals surface area contributed by atoms with Crippen molar-refractivity contribution in [2.24, 2.45) is 0 Å². The Kier molecular flexibility index (Phi) is 4.41. The Balaban J connectivity index is 1.63. The summed E-state index contributed by atoms with van der Waals surface area (Å²) in [6.07, 6.45) is 2.95. The van der Waals surface area contributed by atoms with Crippen LogP contribution in [0, 0.1) is 0 Å². The van der Waals surface area contributed by atoms with Crippen LogP contribution in [0.2, 0.25) is 5.02 Å². The van der Waals surface area contributed by atoms with Crippen LogP contribution in [0.25, 0.3) is 0 Å². The summed E-state index contributed by atoms with van der Waals surface area (Å²) >= 11 is 6.39. The number of carbonyl (C=O) groups is 1. The average molecular weight is 338 g/mol. The highest BCUT2D eigenvalue weighted by Crippen LogP contribution is 2.31. The van der Waals surface area contributed by atoms with Gasteiger partial charge in [0.05, 0.1) is 0 Å². The first-order chi connectivity index (χ1) is 10.8. The Hall–Kier alpha value is -1.49.